The molecule has 5 heteroatoms. The number of hydrogen-bond acceptors (Lipinski definition) is 4. The Hall–Kier alpha value is -2.24. The largest absolute Gasteiger partial charge is 0.340 e. The van der Waals surface area contributed by atoms with Gasteiger partial charge in [0, 0.05) is 51.7 Å². The normalized spacial score (nSPS) is 16.8. The first-order chi connectivity index (χ1) is 11.8. The highest BCUT2D eigenvalue weighted by atomic mass is 16.2. The zero-order chi connectivity index (χ0) is 16.8. The third-order valence-electron chi connectivity index (χ3n) is 4.55. The van der Waals surface area contributed by atoms with E-state index in [0.717, 1.165) is 38.3 Å². The predicted molar refractivity (Wildman–Crippen MR) is 94.3 cm³/mol. The van der Waals surface area contributed by atoms with E-state index in [1.165, 1.54) is 5.56 Å². The van der Waals surface area contributed by atoms with Crippen molar-refractivity contribution in [1.82, 2.24) is 14.8 Å². The lowest BCUT2D eigenvalue weighted by atomic mass is 9.97. The molecule has 126 valence electrons. The average molecular weight is 324 g/mol. The summed E-state index contributed by atoms with van der Waals surface area (Å²) in [7, 11) is 0. The molecule has 0 aliphatic carbocycles. The quantitative estimate of drug-likeness (QED) is 0.905. The number of hydrogen-bond donors (Lipinski definition) is 1. The van der Waals surface area contributed by atoms with Gasteiger partial charge in [0.25, 0.3) is 0 Å². The summed E-state index contributed by atoms with van der Waals surface area (Å²) < 4.78 is 0. The molecule has 1 amide bonds. The third-order valence-corrected chi connectivity index (χ3v) is 4.55. The zero-order valence-corrected chi connectivity index (χ0v) is 13.8. The molecule has 1 aliphatic rings. The van der Waals surface area contributed by atoms with E-state index in [9.17, 15) is 4.79 Å². The van der Waals surface area contributed by atoms with E-state index >= 15 is 0 Å². The SMILES string of the molecule is NCC(C(=O)N1CCN(Cc2cccnc2)CC1)c1ccccc1. The molecule has 1 saturated heterocycles. The smallest absolute Gasteiger partial charge is 0.231 e. The van der Waals surface area contributed by atoms with E-state index in [2.05, 4.69) is 16.0 Å². The molecule has 2 heterocycles. The van der Waals surface area contributed by atoms with Gasteiger partial charge in [0.15, 0.2) is 0 Å². The number of carbonyl (C=O) groups is 1. The molecule has 3 rings (SSSR count). The van der Waals surface area contributed by atoms with E-state index in [0.29, 0.717) is 6.54 Å². The third kappa shape index (κ3) is 3.99. The molecule has 24 heavy (non-hydrogen) atoms. The summed E-state index contributed by atoms with van der Waals surface area (Å²) in [5, 5.41) is 0. The number of nitrogens with two attached hydrogens (primary N) is 1. The first-order valence-corrected chi connectivity index (χ1v) is 8.43. The van der Waals surface area contributed by atoms with Crippen LogP contribution in [0.3, 0.4) is 0 Å². The molecular weight excluding hydrogens is 300 g/mol. The summed E-state index contributed by atoms with van der Waals surface area (Å²) in [4.78, 5) is 21.3. The average Bonchev–Trinajstić information content (AvgIpc) is 2.65. The maximum absolute atomic E-state index is 12.8. The molecule has 0 saturated carbocycles. The number of amides is 1. The summed E-state index contributed by atoms with van der Waals surface area (Å²) in [6.45, 7) is 4.50. The van der Waals surface area contributed by atoms with Gasteiger partial charge in [-0.05, 0) is 17.2 Å². The molecule has 1 fully saturated rings. The molecule has 2 aromatic rings. The topological polar surface area (TPSA) is 62.5 Å². The van der Waals surface area contributed by atoms with Gasteiger partial charge < -0.3 is 10.6 Å². The van der Waals surface area contributed by atoms with E-state index in [1.54, 1.807) is 6.20 Å². The molecule has 0 spiro atoms. The predicted octanol–water partition coefficient (Wildman–Crippen LogP) is 1.47. The minimum atomic E-state index is -0.240. The van der Waals surface area contributed by atoms with Gasteiger partial charge in [-0.1, -0.05) is 36.4 Å². The lowest BCUT2D eigenvalue weighted by molar-refractivity contribution is -0.134. The number of pyridine rings is 1. The second-order valence-electron chi connectivity index (χ2n) is 6.16. The molecule has 1 aromatic heterocycles. The summed E-state index contributed by atoms with van der Waals surface area (Å²) in [6.07, 6.45) is 3.69. The van der Waals surface area contributed by atoms with Crippen molar-refractivity contribution in [2.45, 2.75) is 12.5 Å². The highest BCUT2D eigenvalue weighted by Gasteiger charge is 2.27. The van der Waals surface area contributed by atoms with Crippen molar-refractivity contribution in [2.24, 2.45) is 5.73 Å². The van der Waals surface area contributed by atoms with Gasteiger partial charge >= 0.3 is 0 Å². The van der Waals surface area contributed by atoms with Crippen molar-refractivity contribution < 1.29 is 4.79 Å². The number of nitrogens with zero attached hydrogens (tertiary/aromatic N) is 3. The first kappa shape index (κ1) is 16.6. The van der Waals surface area contributed by atoms with Crippen LogP contribution in [0.15, 0.2) is 54.9 Å². The molecular formula is C19H24N4O. The zero-order valence-electron chi connectivity index (χ0n) is 13.8. The van der Waals surface area contributed by atoms with E-state index in [4.69, 9.17) is 5.73 Å². The standard InChI is InChI=1S/C19H24N4O/c20-13-18(17-6-2-1-3-7-17)19(24)23-11-9-22(10-12-23)15-16-5-4-8-21-14-16/h1-8,14,18H,9-13,15,20H2. The minimum absolute atomic E-state index is 0.143. The van der Waals surface area contributed by atoms with Crippen molar-refractivity contribution in [3.05, 3.63) is 66.0 Å². The Bertz CT molecular complexity index is 639. The van der Waals surface area contributed by atoms with Crippen molar-refractivity contribution in [1.29, 1.82) is 0 Å². The molecule has 2 N–H and O–H groups in total. The Morgan fingerprint density at radius 3 is 2.46 bits per heavy atom. The van der Waals surface area contributed by atoms with Crippen LogP contribution in [0.1, 0.15) is 17.0 Å². The van der Waals surface area contributed by atoms with Gasteiger partial charge in [-0.25, -0.2) is 0 Å². The first-order valence-electron chi connectivity index (χ1n) is 8.43. The van der Waals surface area contributed by atoms with Gasteiger partial charge in [-0.15, -0.1) is 0 Å². The van der Waals surface area contributed by atoms with Crippen LogP contribution in [-0.2, 0) is 11.3 Å². The van der Waals surface area contributed by atoms with Crippen LogP contribution in [0.4, 0.5) is 0 Å². The van der Waals surface area contributed by atoms with Crippen molar-refractivity contribution in [3.8, 4) is 0 Å². The summed E-state index contributed by atoms with van der Waals surface area (Å²) in [6, 6.07) is 13.9. The Balaban J connectivity index is 1.56. The maximum atomic E-state index is 12.8. The maximum Gasteiger partial charge on any atom is 0.231 e. The number of carbonyl (C=O) groups excluding carboxylic acids is 1. The molecule has 0 radical (unpaired) electrons. The molecule has 1 aromatic carbocycles. The van der Waals surface area contributed by atoms with Crippen LogP contribution in [0.25, 0.3) is 0 Å². The fraction of sp³-hybridized carbons (Fsp3) is 0.368. The van der Waals surface area contributed by atoms with Crippen molar-refractivity contribution in [3.63, 3.8) is 0 Å². The lowest BCUT2D eigenvalue weighted by Crippen LogP contribution is -2.50. The molecule has 5 nitrogen and oxygen atoms in total. The highest BCUT2D eigenvalue weighted by Crippen LogP contribution is 2.19. The summed E-state index contributed by atoms with van der Waals surface area (Å²) in [5.41, 5.74) is 8.09. The van der Waals surface area contributed by atoms with E-state index in [-0.39, 0.29) is 11.8 Å². The Morgan fingerprint density at radius 2 is 1.83 bits per heavy atom. The number of benzene rings is 1. The van der Waals surface area contributed by atoms with Crippen LogP contribution in [0.5, 0.6) is 0 Å². The van der Waals surface area contributed by atoms with Crippen LogP contribution in [0.2, 0.25) is 0 Å². The van der Waals surface area contributed by atoms with Crippen LogP contribution in [0, 0.1) is 0 Å². The molecule has 1 atom stereocenters. The van der Waals surface area contributed by atoms with E-state index in [1.807, 2.05) is 47.5 Å². The second-order valence-corrected chi connectivity index (χ2v) is 6.16. The van der Waals surface area contributed by atoms with Gasteiger partial charge in [-0.3, -0.25) is 14.7 Å². The van der Waals surface area contributed by atoms with Crippen molar-refractivity contribution >= 4 is 5.91 Å². The molecule has 0 bridgehead atoms. The Labute approximate surface area is 143 Å². The Kier molecular flexibility index (Phi) is 5.56. The Morgan fingerprint density at radius 1 is 1.08 bits per heavy atom. The fourth-order valence-corrected chi connectivity index (χ4v) is 3.16. The van der Waals surface area contributed by atoms with Crippen molar-refractivity contribution in [2.75, 3.05) is 32.7 Å². The van der Waals surface area contributed by atoms with Gasteiger partial charge in [0.05, 0.1) is 5.92 Å². The number of piperazine rings is 1. The van der Waals surface area contributed by atoms with Crippen LogP contribution in [-0.4, -0.2) is 53.4 Å². The number of rotatable bonds is 5. The minimum Gasteiger partial charge on any atom is -0.340 e. The summed E-state index contributed by atoms with van der Waals surface area (Å²) >= 11 is 0. The highest BCUT2D eigenvalue weighted by molar-refractivity contribution is 5.84. The fourth-order valence-electron chi connectivity index (χ4n) is 3.16. The van der Waals surface area contributed by atoms with Gasteiger partial charge in [-0.2, -0.15) is 0 Å². The molecule has 1 unspecified atom stereocenters. The lowest BCUT2D eigenvalue weighted by Gasteiger charge is -2.36. The molecule has 1 aliphatic heterocycles. The number of aromatic nitrogens is 1. The van der Waals surface area contributed by atoms with Crippen LogP contribution >= 0.6 is 0 Å². The van der Waals surface area contributed by atoms with Crippen LogP contribution < -0.4 is 5.73 Å². The summed E-state index contributed by atoms with van der Waals surface area (Å²) in [5.74, 6) is -0.0965. The monoisotopic (exact) mass is 324 g/mol. The second kappa shape index (κ2) is 8.04. The van der Waals surface area contributed by atoms with E-state index < -0.39 is 0 Å². The van der Waals surface area contributed by atoms with Gasteiger partial charge in [0.1, 0.15) is 0 Å². The van der Waals surface area contributed by atoms with Gasteiger partial charge in [0.2, 0.25) is 5.91 Å².